The van der Waals surface area contributed by atoms with E-state index in [2.05, 4.69) is 15.9 Å². The van der Waals surface area contributed by atoms with Gasteiger partial charge in [-0.05, 0) is 49.6 Å². The maximum absolute atomic E-state index is 13.9. The van der Waals surface area contributed by atoms with Crippen LogP contribution in [0.15, 0.2) is 52.3 Å². The number of anilines is 2. The van der Waals surface area contributed by atoms with E-state index in [-0.39, 0.29) is 17.6 Å². The zero-order chi connectivity index (χ0) is 27.8. The highest BCUT2D eigenvalue weighted by Crippen LogP contribution is 2.35. The van der Waals surface area contributed by atoms with Crippen LogP contribution in [0, 0.1) is 6.92 Å². The number of thioether (sulfide) groups is 1. The van der Waals surface area contributed by atoms with E-state index < -0.39 is 0 Å². The summed E-state index contributed by atoms with van der Waals surface area (Å²) in [5.74, 6) is 1.23. The standard InChI is InChI=1S/C29H31N5O4S2/c1-19-9-10-25-30-26(32-13-11-31(12-14-32)22-7-3-4-8-23(22)37-2)21(27(35)33(25)17-19)16-24-28(36)34(29(39)40-24)18-20-6-5-15-38-20/h3-4,7-10,16-17,20H,5-6,11-15,18H2,1-2H3. The number of methoxy groups -OCH3 is 1. The molecular formula is C29H31N5O4S2. The van der Waals surface area contributed by atoms with Gasteiger partial charge in [0.25, 0.3) is 11.5 Å². The third kappa shape index (κ3) is 5.09. The molecule has 0 saturated carbocycles. The third-order valence-electron chi connectivity index (χ3n) is 7.55. The fourth-order valence-corrected chi connectivity index (χ4v) is 6.70. The maximum atomic E-state index is 13.9. The molecule has 0 N–H and O–H groups in total. The fourth-order valence-electron chi connectivity index (χ4n) is 5.44. The van der Waals surface area contributed by atoms with Crippen molar-refractivity contribution in [1.29, 1.82) is 0 Å². The van der Waals surface area contributed by atoms with Crippen LogP contribution in [0.25, 0.3) is 11.7 Å². The molecular weight excluding hydrogens is 546 g/mol. The van der Waals surface area contributed by atoms with Gasteiger partial charge in [0.2, 0.25) is 0 Å². The normalized spacial score (nSPS) is 20.8. The molecule has 1 unspecified atom stereocenters. The smallest absolute Gasteiger partial charge is 0.267 e. The molecule has 208 valence electrons. The van der Waals surface area contributed by atoms with Crippen molar-refractivity contribution < 1.29 is 14.3 Å². The Morgan fingerprint density at radius 3 is 2.65 bits per heavy atom. The second kappa shape index (κ2) is 11.2. The number of fused-ring (bicyclic) bond motifs is 1. The van der Waals surface area contributed by atoms with Crippen molar-refractivity contribution in [2.75, 3.05) is 56.2 Å². The summed E-state index contributed by atoms with van der Waals surface area (Å²) in [6.07, 6.45) is 5.36. The number of ether oxygens (including phenoxy) is 2. The number of benzene rings is 1. The maximum Gasteiger partial charge on any atom is 0.267 e. The van der Waals surface area contributed by atoms with E-state index in [1.807, 2.05) is 37.3 Å². The molecule has 40 heavy (non-hydrogen) atoms. The minimum atomic E-state index is -0.208. The van der Waals surface area contributed by atoms with Gasteiger partial charge in [-0.3, -0.25) is 18.9 Å². The van der Waals surface area contributed by atoms with Gasteiger partial charge in [-0.15, -0.1) is 0 Å². The minimum Gasteiger partial charge on any atom is -0.495 e. The Hall–Kier alpha value is -3.41. The molecule has 0 spiro atoms. The van der Waals surface area contributed by atoms with Crippen LogP contribution in [0.2, 0.25) is 0 Å². The van der Waals surface area contributed by atoms with Crippen molar-refractivity contribution in [1.82, 2.24) is 14.3 Å². The Morgan fingerprint density at radius 2 is 1.90 bits per heavy atom. The molecule has 6 rings (SSSR count). The van der Waals surface area contributed by atoms with E-state index in [0.29, 0.717) is 52.5 Å². The van der Waals surface area contributed by atoms with Crippen LogP contribution in [0.4, 0.5) is 11.5 Å². The van der Waals surface area contributed by atoms with E-state index in [1.54, 1.807) is 28.7 Å². The first-order valence-corrected chi connectivity index (χ1v) is 14.7. The Labute approximate surface area is 242 Å². The molecule has 0 bridgehead atoms. The molecule has 9 nitrogen and oxygen atoms in total. The second-order valence-electron chi connectivity index (χ2n) is 10.2. The molecule has 3 fully saturated rings. The lowest BCUT2D eigenvalue weighted by Crippen LogP contribution is -2.47. The fraction of sp³-hybridized carbons (Fsp3) is 0.379. The SMILES string of the molecule is COc1ccccc1N1CCN(c2nc3ccc(C)cn3c(=O)c2C=C2SC(=S)N(CC3CCCO3)C2=O)CC1. The summed E-state index contributed by atoms with van der Waals surface area (Å²) in [5.41, 5.74) is 2.75. The third-order valence-corrected chi connectivity index (χ3v) is 8.93. The molecule has 2 aromatic heterocycles. The first kappa shape index (κ1) is 26.8. The Morgan fingerprint density at radius 1 is 1.12 bits per heavy atom. The zero-order valence-electron chi connectivity index (χ0n) is 22.5. The first-order chi connectivity index (χ1) is 19.4. The van der Waals surface area contributed by atoms with E-state index >= 15 is 0 Å². The number of amides is 1. The van der Waals surface area contributed by atoms with Crippen molar-refractivity contribution in [2.45, 2.75) is 25.9 Å². The van der Waals surface area contributed by atoms with Gasteiger partial charge in [0.15, 0.2) is 0 Å². The van der Waals surface area contributed by atoms with Crippen molar-refractivity contribution in [3.63, 3.8) is 0 Å². The van der Waals surface area contributed by atoms with Crippen molar-refractivity contribution in [2.24, 2.45) is 0 Å². The summed E-state index contributed by atoms with van der Waals surface area (Å²) in [7, 11) is 1.68. The number of para-hydroxylation sites is 2. The summed E-state index contributed by atoms with van der Waals surface area (Å²) in [6.45, 7) is 5.87. The van der Waals surface area contributed by atoms with Crippen molar-refractivity contribution >= 4 is 57.4 Å². The van der Waals surface area contributed by atoms with Crippen molar-refractivity contribution in [3.05, 3.63) is 69.0 Å². The number of carbonyl (C=O) groups excluding carboxylic acids is 1. The molecule has 1 aromatic carbocycles. The van der Waals surface area contributed by atoms with Gasteiger partial charge in [0.1, 0.15) is 21.5 Å². The summed E-state index contributed by atoms with van der Waals surface area (Å²) in [5, 5.41) is 0. The van der Waals surface area contributed by atoms with Gasteiger partial charge in [-0.2, -0.15) is 0 Å². The minimum absolute atomic E-state index is 0.00659. The largest absolute Gasteiger partial charge is 0.495 e. The number of aryl methyl sites for hydroxylation is 1. The molecule has 3 aromatic rings. The predicted octanol–water partition coefficient (Wildman–Crippen LogP) is 3.72. The average Bonchev–Trinajstić information content (AvgIpc) is 3.58. The number of nitrogens with zero attached hydrogens (tertiary/aromatic N) is 5. The van der Waals surface area contributed by atoms with Gasteiger partial charge in [-0.25, -0.2) is 4.98 Å². The van der Waals surface area contributed by atoms with Crippen LogP contribution in [0.5, 0.6) is 5.75 Å². The second-order valence-corrected chi connectivity index (χ2v) is 11.8. The number of hydrogen-bond donors (Lipinski definition) is 0. The van der Waals surface area contributed by atoms with E-state index in [0.717, 1.165) is 42.9 Å². The van der Waals surface area contributed by atoms with Gasteiger partial charge in [-0.1, -0.05) is 42.2 Å². The van der Waals surface area contributed by atoms with Gasteiger partial charge in [0.05, 0.1) is 35.9 Å². The molecule has 11 heteroatoms. The predicted molar refractivity (Wildman–Crippen MR) is 162 cm³/mol. The summed E-state index contributed by atoms with van der Waals surface area (Å²) < 4.78 is 13.4. The number of thiocarbonyl (C=S) groups is 1. The van der Waals surface area contributed by atoms with Gasteiger partial charge >= 0.3 is 0 Å². The van der Waals surface area contributed by atoms with Crippen LogP contribution >= 0.6 is 24.0 Å². The molecule has 0 aliphatic carbocycles. The summed E-state index contributed by atoms with van der Waals surface area (Å²) >= 11 is 6.79. The number of piperazine rings is 1. The van der Waals surface area contributed by atoms with Crippen molar-refractivity contribution in [3.8, 4) is 5.75 Å². The molecule has 1 atom stereocenters. The highest BCUT2D eigenvalue weighted by atomic mass is 32.2. The molecule has 3 aliphatic heterocycles. The lowest BCUT2D eigenvalue weighted by atomic mass is 10.2. The number of pyridine rings is 1. The Bertz CT molecular complexity index is 1560. The highest BCUT2D eigenvalue weighted by molar-refractivity contribution is 8.26. The Balaban J connectivity index is 1.34. The van der Waals surface area contributed by atoms with Crippen LogP contribution in [-0.4, -0.2) is 77.1 Å². The molecule has 3 aliphatic rings. The van der Waals surface area contributed by atoms with Crippen LogP contribution in [0.3, 0.4) is 0 Å². The van der Waals surface area contributed by atoms with E-state index in [4.69, 9.17) is 26.7 Å². The van der Waals surface area contributed by atoms with Crippen LogP contribution in [0.1, 0.15) is 24.0 Å². The zero-order valence-corrected chi connectivity index (χ0v) is 24.2. The molecule has 1 amide bonds. The number of hydrogen-bond acceptors (Lipinski definition) is 9. The number of carbonyl (C=O) groups is 1. The van der Waals surface area contributed by atoms with Crippen LogP contribution < -0.4 is 20.1 Å². The number of aromatic nitrogens is 2. The molecule has 3 saturated heterocycles. The quantitative estimate of drug-likeness (QED) is 0.322. The molecule has 0 radical (unpaired) electrons. The van der Waals surface area contributed by atoms with E-state index in [1.165, 1.54) is 11.8 Å². The van der Waals surface area contributed by atoms with E-state index in [9.17, 15) is 9.59 Å². The molecule has 5 heterocycles. The topological polar surface area (TPSA) is 79.6 Å². The Kier molecular flexibility index (Phi) is 7.52. The lowest BCUT2D eigenvalue weighted by Gasteiger charge is -2.37. The highest BCUT2D eigenvalue weighted by Gasteiger charge is 2.35. The average molecular weight is 578 g/mol. The summed E-state index contributed by atoms with van der Waals surface area (Å²) in [6, 6.07) is 11.8. The number of rotatable bonds is 6. The van der Waals surface area contributed by atoms with Gasteiger partial charge in [0, 0.05) is 39.0 Å². The monoisotopic (exact) mass is 577 g/mol. The summed E-state index contributed by atoms with van der Waals surface area (Å²) in [4.78, 5) is 38.7. The lowest BCUT2D eigenvalue weighted by molar-refractivity contribution is -0.123. The van der Waals surface area contributed by atoms with Gasteiger partial charge < -0.3 is 19.3 Å². The first-order valence-electron chi connectivity index (χ1n) is 13.5. The van der Waals surface area contributed by atoms with Crippen LogP contribution in [-0.2, 0) is 9.53 Å².